The Hall–Kier alpha value is -3.32. The van der Waals surface area contributed by atoms with Crippen molar-refractivity contribution in [2.75, 3.05) is 23.7 Å². The van der Waals surface area contributed by atoms with Crippen LogP contribution in [0.1, 0.15) is 12.8 Å². The molecule has 1 aliphatic heterocycles. The predicted octanol–water partition coefficient (Wildman–Crippen LogP) is 5.42. The van der Waals surface area contributed by atoms with Gasteiger partial charge in [0.1, 0.15) is 5.75 Å². The number of likely N-dealkylation sites (tertiary alicyclic amines) is 1. The first-order chi connectivity index (χ1) is 14.7. The molecule has 4 rings (SSSR count). The second kappa shape index (κ2) is 9.45. The van der Waals surface area contributed by atoms with Gasteiger partial charge in [-0.1, -0.05) is 30.3 Å². The molecule has 2 aromatic carbocycles. The summed E-state index contributed by atoms with van der Waals surface area (Å²) >= 11 is 1.47. The summed E-state index contributed by atoms with van der Waals surface area (Å²) in [6.07, 6.45) is 1.54. The molecule has 0 aliphatic carbocycles. The molecule has 7 heteroatoms. The number of urea groups is 1. The maximum atomic E-state index is 12.9. The van der Waals surface area contributed by atoms with Crippen molar-refractivity contribution >= 4 is 34.0 Å². The Morgan fingerprint density at radius 2 is 1.77 bits per heavy atom. The average molecular weight is 422 g/mol. The van der Waals surface area contributed by atoms with Crippen LogP contribution < -0.4 is 15.4 Å². The molecule has 1 unspecified atom stereocenters. The van der Waals surface area contributed by atoms with Crippen molar-refractivity contribution in [3.8, 4) is 11.5 Å². The van der Waals surface area contributed by atoms with Gasteiger partial charge in [0, 0.05) is 13.1 Å². The summed E-state index contributed by atoms with van der Waals surface area (Å²) in [6.45, 7) is 1.04. The number of nitrogens with one attached hydrogen (secondary N) is 2. The Labute approximate surface area is 179 Å². The normalized spacial score (nSPS) is 16.0. The first kappa shape index (κ1) is 20.0. The SMILES string of the molecule is O=C(Nc1ccccc1Oc1ccccc1)C1CCCN(C(=O)Nc2cccs2)C1. The van der Waals surface area contributed by atoms with Crippen molar-refractivity contribution in [3.05, 3.63) is 72.1 Å². The van der Waals surface area contributed by atoms with Crippen molar-refractivity contribution in [1.29, 1.82) is 0 Å². The molecular formula is C23H23N3O3S. The van der Waals surface area contributed by atoms with Gasteiger partial charge < -0.3 is 15.0 Å². The summed E-state index contributed by atoms with van der Waals surface area (Å²) in [5.74, 6) is 0.916. The van der Waals surface area contributed by atoms with Gasteiger partial charge >= 0.3 is 6.03 Å². The quantitative estimate of drug-likeness (QED) is 0.578. The second-order valence-corrected chi connectivity index (χ2v) is 8.04. The first-order valence-electron chi connectivity index (χ1n) is 9.91. The topological polar surface area (TPSA) is 70.7 Å². The zero-order valence-electron chi connectivity index (χ0n) is 16.4. The lowest BCUT2D eigenvalue weighted by atomic mass is 9.97. The predicted molar refractivity (Wildman–Crippen MR) is 119 cm³/mol. The number of hydrogen-bond acceptors (Lipinski definition) is 4. The third-order valence-corrected chi connectivity index (χ3v) is 5.73. The van der Waals surface area contributed by atoms with Crippen LogP contribution in [-0.4, -0.2) is 29.9 Å². The number of ether oxygens (including phenoxy) is 1. The molecule has 30 heavy (non-hydrogen) atoms. The zero-order chi connectivity index (χ0) is 20.8. The number of carbonyl (C=O) groups excluding carboxylic acids is 2. The Bertz CT molecular complexity index is 992. The molecule has 2 heterocycles. The van der Waals surface area contributed by atoms with Crippen molar-refractivity contribution < 1.29 is 14.3 Å². The maximum absolute atomic E-state index is 12.9. The van der Waals surface area contributed by atoms with Crippen LogP contribution in [0.25, 0.3) is 0 Å². The molecule has 1 atom stereocenters. The summed E-state index contributed by atoms with van der Waals surface area (Å²) in [6, 6.07) is 20.4. The van der Waals surface area contributed by atoms with Crippen LogP contribution in [0.4, 0.5) is 15.5 Å². The van der Waals surface area contributed by atoms with Gasteiger partial charge in [0.15, 0.2) is 5.75 Å². The highest BCUT2D eigenvalue weighted by Gasteiger charge is 2.29. The van der Waals surface area contributed by atoms with E-state index < -0.39 is 0 Å². The molecule has 154 valence electrons. The number of carbonyl (C=O) groups is 2. The van der Waals surface area contributed by atoms with Gasteiger partial charge in [-0.3, -0.25) is 10.1 Å². The third kappa shape index (κ3) is 4.99. The summed E-state index contributed by atoms with van der Waals surface area (Å²) in [5.41, 5.74) is 0.617. The number of hydrogen-bond donors (Lipinski definition) is 2. The van der Waals surface area contributed by atoms with E-state index in [1.807, 2.05) is 72.1 Å². The van der Waals surface area contributed by atoms with E-state index >= 15 is 0 Å². The summed E-state index contributed by atoms with van der Waals surface area (Å²) in [5, 5.41) is 8.59. The number of thiophene rings is 1. The van der Waals surface area contributed by atoms with E-state index in [-0.39, 0.29) is 17.9 Å². The van der Waals surface area contributed by atoms with Gasteiger partial charge in [-0.15, -0.1) is 11.3 Å². The second-order valence-electron chi connectivity index (χ2n) is 7.09. The molecule has 3 aromatic rings. The molecule has 1 saturated heterocycles. The number of anilines is 2. The van der Waals surface area contributed by atoms with E-state index in [2.05, 4.69) is 10.6 Å². The first-order valence-corrected chi connectivity index (χ1v) is 10.8. The summed E-state index contributed by atoms with van der Waals surface area (Å²) in [4.78, 5) is 27.2. The van der Waals surface area contributed by atoms with E-state index in [9.17, 15) is 9.59 Å². The van der Waals surface area contributed by atoms with Gasteiger partial charge in [-0.05, 0) is 54.6 Å². The fourth-order valence-corrected chi connectivity index (χ4v) is 4.03. The largest absolute Gasteiger partial charge is 0.455 e. The van der Waals surface area contributed by atoms with Crippen LogP contribution in [0.2, 0.25) is 0 Å². The van der Waals surface area contributed by atoms with E-state index in [0.29, 0.717) is 30.3 Å². The van der Waals surface area contributed by atoms with Crippen LogP contribution in [0.15, 0.2) is 72.1 Å². The van der Waals surface area contributed by atoms with Gasteiger partial charge in [0.25, 0.3) is 0 Å². The van der Waals surface area contributed by atoms with E-state index in [1.54, 1.807) is 4.90 Å². The Kier molecular flexibility index (Phi) is 6.29. The highest BCUT2D eigenvalue weighted by atomic mass is 32.1. The van der Waals surface area contributed by atoms with E-state index in [1.165, 1.54) is 11.3 Å². The highest BCUT2D eigenvalue weighted by Crippen LogP contribution is 2.30. The third-order valence-electron chi connectivity index (χ3n) is 4.95. The molecule has 3 amide bonds. The van der Waals surface area contributed by atoms with Crippen molar-refractivity contribution in [1.82, 2.24) is 4.90 Å². The van der Waals surface area contributed by atoms with Gasteiger partial charge in [0.05, 0.1) is 16.6 Å². The maximum Gasteiger partial charge on any atom is 0.322 e. The van der Waals surface area contributed by atoms with Crippen molar-refractivity contribution in [2.24, 2.45) is 5.92 Å². The number of nitrogens with zero attached hydrogens (tertiary/aromatic N) is 1. The van der Waals surface area contributed by atoms with Crippen LogP contribution in [0, 0.1) is 5.92 Å². The number of para-hydroxylation sites is 3. The van der Waals surface area contributed by atoms with Gasteiger partial charge in [0.2, 0.25) is 5.91 Å². The van der Waals surface area contributed by atoms with E-state index in [0.717, 1.165) is 17.8 Å². The van der Waals surface area contributed by atoms with Crippen LogP contribution in [0.3, 0.4) is 0 Å². The number of piperidine rings is 1. The molecular weight excluding hydrogens is 398 g/mol. The monoisotopic (exact) mass is 421 g/mol. The minimum atomic E-state index is -0.266. The van der Waals surface area contributed by atoms with Gasteiger partial charge in [-0.2, -0.15) is 0 Å². The van der Waals surface area contributed by atoms with Crippen molar-refractivity contribution in [3.63, 3.8) is 0 Å². The minimum absolute atomic E-state index is 0.104. The van der Waals surface area contributed by atoms with Gasteiger partial charge in [-0.25, -0.2) is 4.79 Å². The number of rotatable bonds is 5. The Morgan fingerprint density at radius 1 is 0.967 bits per heavy atom. The molecule has 0 spiro atoms. The Morgan fingerprint density at radius 3 is 2.57 bits per heavy atom. The smallest absolute Gasteiger partial charge is 0.322 e. The van der Waals surface area contributed by atoms with Crippen LogP contribution in [0.5, 0.6) is 11.5 Å². The lowest BCUT2D eigenvalue weighted by molar-refractivity contribution is -0.121. The lowest BCUT2D eigenvalue weighted by Gasteiger charge is -2.32. The molecule has 1 aromatic heterocycles. The average Bonchev–Trinajstić information content (AvgIpc) is 3.29. The number of amides is 3. The Balaban J connectivity index is 1.39. The highest BCUT2D eigenvalue weighted by molar-refractivity contribution is 7.14. The molecule has 0 bridgehead atoms. The van der Waals surface area contributed by atoms with Crippen LogP contribution in [-0.2, 0) is 4.79 Å². The molecule has 2 N–H and O–H groups in total. The molecule has 0 radical (unpaired) electrons. The molecule has 1 aliphatic rings. The minimum Gasteiger partial charge on any atom is -0.455 e. The zero-order valence-corrected chi connectivity index (χ0v) is 17.2. The fourth-order valence-electron chi connectivity index (χ4n) is 3.42. The fraction of sp³-hybridized carbons (Fsp3) is 0.217. The molecule has 0 saturated carbocycles. The number of benzene rings is 2. The lowest BCUT2D eigenvalue weighted by Crippen LogP contribution is -2.45. The molecule has 1 fully saturated rings. The van der Waals surface area contributed by atoms with Crippen LogP contribution >= 0.6 is 11.3 Å². The van der Waals surface area contributed by atoms with E-state index in [4.69, 9.17) is 4.74 Å². The standard InChI is InChI=1S/C23H23N3O3S/c27-22(17-8-6-14-26(16-17)23(28)25-21-13-7-15-30-21)24-19-11-4-5-12-20(19)29-18-9-2-1-3-10-18/h1-5,7,9-13,15,17H,6,8,14,16H2,(H,24,27)(H,25,28). The molecule has 6 nitrogen and oxygen atoms in total. The summed E-state index contributed by atoms with van der Waals surface area (Å²) in [7, 11) is 0. The van der Waals surface area contributed by atoms with Crippen molar-refractivity contribution in [2.45, 2.75) is 12.8 Å². The summed E-state index contributed by atoms with van der Waals surface area (Å²) < 4.78 is 5.93.